The molecule has 0 amide bonds. The number of thiazole rings is 1. The minimum Gasteiger partial charge on any atom is -0.327 e. The number of nitrogens with two attached hydrogens (primary N) is 1. The van der Waals surface area contributed by atoms with Crippen molar-refractivity contribution in [3.05, 3.63) is 51.5 Å². The van der Waals surface area contributed by atoms with Crippen LogP contribution in [0.25, 0.3) is 0 Å². The highest BCUT2D eigenvalue weighted by atomic mass is 32.1. The molecule has 0 bridgehead atoms. The second-order valence-corrected chi connectivity index (χ2v) is 6.13. The van der Waals surface area contributed by atoms with E-state index in [1.165, 1.54) is 22.6 Å². The van der Waals surface area contributed by atoms with Crippen LogP contribution in [0.5, 0.6) is 0 Å². The number of benzene rings is 1. The summed E-state index contributed by atoms with van der Waals surface area (Å²) in [5.74, 6) is 0.664. The van der Waals surface area contributed by atoms with Gasteiger partial charge in [-0.05, 0) is 36.8 Å². The number of aryl methyl sites for hydroxylation is 1. The Balaban J connectivity index is 1.58. The van der Waals surface area contributed by atoms with Gasteiger partial charge in [-0.3, -0.25) is 0 Å². The third kappa shape index (κ3) is 2.33. The summed E-state index contributed by atoms with van der Waals surface area (Å²) in [4.78, 5) is 4.48. The first-order valence-electron chi connectivity index (χ1n) is 6.47. The van der Waals surface area contributed by atoms with Crippen LogP contribution in [-0.2, 0) is 12.8 Å². The fraction of sp³-hybridized carbons (Fsp3) is 0.400. The van der Waals surface area contributed by atoms with Gasteiger partial charge in [0.05, 0.1) is 5.01 Å². The second kappa shape index (κ2) is 4.82. The van der Waals surface area contributed by atoms with E-state index in [1.54, 1.807) is 11.3 Å². The molecule has 3 heteroatoms. The van der Waals surface area contributed by atoms with Gasteiger partial charge in [0.1, 0.15) is 0 Å². The van der Waals surface area contributed by atoms with Gasteiger partial charge in [0.15, 0.2) is 0 Å². The second-order valence-electron chi connectivity index (χ2n) is 5.18. The Hall–Kier alpha value is -1.19. The minimum absolute atomic E-state index is 0.230. The predicted octanol–water partition coefficient (Wildman–Crippen LogP) is 3.05. The summed E-state index contributed by atoms with van der Waals surface area (Å²) in [6.07, 6.45) is 3.19. The molecule has 2 atom stereocenters. The Morgan fingerprint density at radius 2 is 2.28 bits per heavy atom. The van der Waals surface area contributed by atoms with E-state index >= 15 is 0 Å². The van der Waals surface area contributed by atoms with E-state index in [2.05, 4.69) is 34.6 Å². The lowest BCUT2D eigenvalue weighted by Crippen LogP contribution is -2.29. The van der Waals surface area contributed by atoms with E-state index in [0.29, 0.717) is 5.92 Å². The van der Waals surface area contributed by atoms with Crippen molar-refractivity contribution in [2.75, 3.05) is 0 Å². The van der Waals surface area contributed by atoms with Crippen LogP contribution in [0.15, 0.2) is 29.6 Å². The van der Waals surface area contributed by atoms with Gasteiger partial charge in [-0.25, -0.2) is 4.98 Å². The Kier molecular flexibility index (Phi) is 3.18. The Bertz CT molecular complexity index is 547. The maximum Gasteiger partial charge on any atom is 0.0943 e. The van der Waals surface area contributed by atoms with Gasteiger partial charge >= 0.3 is 0 Å². The van der Waals surface area contributed by atoms with Crippen LogP contribution in [0.2, 0.25) is 0 Å². The lowest BCUT2D eigenvalue weighted by atomic mass is 9.74. The van der Waals surface area contributed by atoms with Crippen molar-refractivity contribution in [1.29, 1.82) is 0 Å². The summed E-state index contributed by atoms with van der Waals surface area (Å²) in [5, 5.41) is 3.27. The summed E-state index contributed by atoms with van der Waals surface area (Å²) < 4.78 is 0. The Labute approximate surface area is 112 Å². The van der Waals surface area contributed by atoms with Crippen LogP contribution in [0.4, 0.5) is 0 Å². The molecule has 0 saturated heterocycles. The molecule has 1 aliphatic carbocycles. The van der Waals surface area contributed by atoms with Crippen molar-refractivity contribution in [2.45, 2.75) is 38.1 Å². The molecule has 94 valence electrons. The van der Waals surface area contributed by atoms with E-state index < -0.39 is 0 Å². The van der Waals surface area contributed by atoms with Gasteiger partial charge in [-0.15, -0.1) is 11.3 Å². The van der Waals surface area contributed by atoms with Crippen LogP contribution < -0.4 is 5.73 Å². The maximum atomic E-state index is 6.25. The first kappa shape index (κ1) is 11.9. The number of nitrogens with zero attached hydrogens (tertiary/aromatic N) is 1. The van der Waals surface area contributed by atoms with Crippen LogP contribution in [0.1, 0.15) is 34.2 Å². The molecule has 2 nitrogen and oxygen atoms in total. The van der Waals surface area contributed by atoms with Crippen molar-refractivity contribution < 1.29 is 0 Å². The Morgan fingerprint density at radius 3 is 3.00 bits per heavy atom. The van der Waals surface area contributed by atoms with Crippen molar-refractivity contribution in [1.82, 2.24) is 4.98 Å². The van der Waals surface area contributed by atoms with Gasteiger partial charge in [0, 0.05) is 23.5 Å². The average molecular weight is 258 g/mol. The normalized spacial score (nSPS) is 19.1. The van der Waals surface area contributed by atoms with Crippen LogP contribution in [0.3, 0.4) is 0 Å². The van der Waals surface area contributed by atoms with Gasteiger partial charge in [-0.2, -0.15) is 0 Å². The highest BCUT2D eigenvalue weighted by Gasteiger charge is 2.27. The monoisotopic (exact) mass is 258 g/mol. The highest BCUT2D eigenvalue weighted by molar-refractivity contribution is 7.09. The first-order chi connectivity index (χ1) is 8.72. The molecule has 1 aliphatic rings. The third-order valence-corrected chi connectivity index (χ3v) is 4.64. The van der Waals surface area contributed by atoms with Crippen molar-refractivity contribution >= 4 is 11.3 Å². The zero-order valence-corrected chi connectivity index (χ0v) is 11.4. The summed E-state index contributed by atoms with van der Waals surface area (Å²) in [6.45, 7) is 2.04. The maximum absolute atomic E-state index is 6.25. The van der Waals surface area contributed by atoms with Crippen molar-refractivity contribution in [2.24, 2.45) is 5.73 Å². The highest BCUT2D eigenvalue weighted by Crippen LogP contribution is 2.38. The molecule has 0 fully saturated rings. The lowest BCUT2D eigenvalue weighted by Gasteiger charge is -2.31. The smallest absolute Gasteiger partial charge is 0.0943 e. The third-order valence-electron chi connectivity index (χ3n) is 3.65. The molecule has 0 radical (unpaired) electrons. The zero-order valence-electron chi connectivity index (χ0n) is 10.6. The quantitative estimate of drug-likeness (QED) is 0.915. The van der Waals surface area contributed by atoms with Crippen LogP contribution >= 0.6 is 11.3 Å². The fourth-order valence-corrected chi connectivity index (χ4v) is 3.61. The zero-order chi connectivity index (χ0) is 12.5. The molecule has 2 N–H and O–H groups in total. The standard InChI is InChI=1S/C15H18N2S/c1-10-9-18-15(17-10)8-13(16)7-12-6-11-4-2-3-5-14(11)12/h2-5,9,12-13H,6-8,16H2,1H3. The molecule has 2 unspecified atom stereocenters. The molecule has 2 aromatic rings. The van der Waals surface area contributed by atoms with E-state index in [9.17, 15) is 0 Å². The molecule has 3 rings (SSSR count). The average Bonchev–Trinajstić information content (AvgIpc) is 2.72. The molecule has 1 heterocycles. The van der Waals surface area contributed by atoms with Gasteiger partial charge < -0.3 is 5.73 Å². The summed E-state index contributed by atoms with van der Waals surface area (Å²) in [6, 6.07) is 8.94. The van der Waals surface area contributed by atoms with E-state index in [4.69, 9.17) is 5.73 Å². The fourth-order valence-electron chi connectivity index (χ4n) is 2.74. The van der Waals surface area contributed by atoms with Crippen molar-refractivity contribution in [3.63, 3.8) is 0 Å². The van der Waals surface area contributed by atoms with E-state index in [1.807, 2.05) is 6.92 Å². The van der Waals surface area contributed by atoms with Crippen LogP contribution in [-0.4, -0.2) is 11.0 Å². The van der Waals surface area contributed by atoms with Gasteiger partial charge in [-0.1, -0.05) is 24.3 Å². The molecule has 1 aromatic carbocycles. The number of hydrogen-bond acceptors (Lipinski definition) is 3. The number of fused-ring (bicyclic) bond motifs is 1. The van der Waals surface area contributed by atoms with E-state index in [0.717, 1.165) is 18.5 Å². The van der Waals surface area contributed by atoms with Crippen LogP contribution in [0, 0.1) is 6.92 Å². The number of aromatic nitrogens is 1. The Morgan fingerprint density at radius 1 is 1.44 bits per heavy atom. The topological polar surface area (TPSA) is 38.9 Å². The predicted molar refractivity (Wildman–Crippen MR) is 76.0 cm³/mol. The molecule has 0 aliphatic heterocycles. The van der Waals surface area contributed by atoms with E-state index in [-0.39, 0.29) is 6.04 Å². The number of hydrogen-bond donors (Lipinski definition) is 1. The molecule has 0 saturated carbocycles. The summed E-state index contributed by atoms with van der Waals surface area (Å²) in [7, 11) is 0. The molecule has 1 aromatic heterocycles. The lowest BCUT2D eigenvalue weighted by molar-refractivity contribution is 0.484. The molecular formula is C15H18N2S. The summed E-state index contributed by atoms with van der Waals surface area (Å²) >= 11 is 1.73. The largest absolute Gasteiger partial charge is 0.327 e. The SMILES string of the molecule is Cc1csc(CC(N)CC2Cc3ccccc32)n1. The number of rotatable bonds is 4. The van der Waals surface area contributed by atoms with Gasteiger partial charge in [0.25, 0.3) is 0 Å². The minimum atomic E-state index is 0.230. The molecule has 0 spiro atoms. The molecule has 18 heavy (non-hydrogen) atoms. The molecular weight excluding hydrogens is 240 g/mol. The first-order valence-corrected chi connectivity index (χ1v) is 7.34. The van der Waals surface area contributed by atoms with Gasteiger partial charge in [0.2, 0.25) is 0 Å². The summed E-state index contributed by atoms with van der Waals surface area (Å²) in [5.41, 5.74) is 10.4. The van der Waals surface area contributed by atoms with Crippen molar-refractivity contribution in [3.8, 4) is 0 Å².